The highest BCUT2D eigenvalue weighted by atomic mass is 16.5. The fourth-order valence-electron chi connectivity index (χ4n) is 3.18. The maximum atomic E-state index is 10.5. The minimum absolute atomic E-state index is 0.00788. The first kappa shape index (κ1) is 17.7. The molecule has 0 spiro atoms. The van der Waals surface area contributed by atoms with Crippen molar-refractivity contribution in [3.05, 3.63) is 83.9 Å². The number of nitrogens with one attached hydrogen (secondary N) is 2. The molecule has 0 saturated carbocycles. The van der Waals surface area contributed by atoms with Crippen LogP contribution in [0.25, 0.3) is 11.2 Å². The van der Waals surface area contributed by atoms with Crippen molar-refractivity contribution in [1.82, 2.24) is 19.9 Å². The third kappa shape index (κ3) is 3.83. The molecule has 2 N–H and O–H groups in total. The first-order chi connectivity index (χ1) is 13.8. The van der Waals surface area contributed by atoms with Crippen molar-refractivity contribution in [2.75, 3.05) is 11.9 Å². The molecular weight excluding hydrogens is 354 g/mol. The van der Waals surface area contributed by atoms with Crippen LogP contribution >= 0.6 is 0 Å². The van der Waals surface area contributed by atoms with Gasteiger partial charge in [-0.1, -0.05) is 60.7 Å². The topological polar surface area (TPSA) is 92.8 Å². The molecule has 0 aliphatic heterocycles. The SMILES string of the molecule is O=COCc1nc(NCC(c2ccccc2)c2ccccc2)c2nc[nH]c2n1. The van der Waals surface area contributed by atoms with Gasteiger partial charge in [-0.15, -0.1) is 0 Å². The number of imidazole rings is 1. The lowest BCUT2D eigenvalue weighted by Gasteiger charge is -2.19. The van der Waals surface area contributed by atoms with Crippen LogP contribution in [-0.4, -0.2) is 33.0 Å². The number of hydrogen-bond donors (Lipinski definition) is 2. The molecule has 0 saturated heterocycles. The van der Waals surface area contributed by atoms with Gasteiger partial charge in [0.2, 0.25) is 0 Å². The summed E-state index contributed by atoms with van der Waals surface area (Å²) in [6, 6.07) is 20.6. The predicted molar refractivity (Wildman–Crippen MR) is 106 cm³/mol. The van der Waals surface area contributed by atoms with Gasteiger partial charge in [0, 0.05) is 12.5 Å². The Labute approximate surface area is 161 Å². The summed E-state index contributed by atoms with van der Waals surface area (Å²) < 4.78 is 4.80. The summed E-state index contributed by atoms with van der Waals surface area (Å²) in [6.45, 7) is 1.02. The van der Waals surface area contributed by atoms with Crippen LogP contribution in [0.5, 0.6) is 0 Å². The number of H-pyrrole nitrogens is 1. The Morgan fingerprint density at radius 3 is 2.32 bits per heavy atom. The number of aromatic nitrogens is 4. The van der Waals surface area contributed by atoms with Gasteiger partial charge >= 0.3 is 0 Å². The minimum Gasteiger partial charge on any atom is -0.460 e. The third-order valence-electron chi connectivity index (χ3n) is 4.48. The van der Waals surface area contributed by atoms with E-state index in [1.54, 1.807) is 6.33 Å². The smallest absolute Gasteiger partial charge is 0.293 e. The number of carbonyl (C=O) groups is 1. The highest BCUT2D eigenvalue weighted by Gasteiger charge is 2.16. The number of benzene rings is 2. The molecule has 0 radical (unpaired) electrons. The van der Waals surface area contributed by atoms with E-state index < -0.39 is 0 Å². The van der Waals surface area contributed by atoms with Crippen LogP contribution in [0.3, 0.4) is 0 Å². The molecule has 0 amide bonds. The van der Waals surface area contributed by atoms with Crippen molar-refractivity contribution in [2.45, 2.75) is 12.5 Å². The molecule has 7 nitrogen and oxygen atoms in total. The maximum Gasteiger partial charge on any atom is 0.293 e. The van der Waals surface area contributed by atoms with Crippen molar-refractivity contribution in [1.29, 1.82) is 0 Å². The van der Waals surface area contributed by atoms with Crippen LogP contribution in [0.2, 0.25) is 0 Å². The van der Waals surface area contributed by atoms with E-state index in [-0.39, 0.29) is 12.5 Å². The van der Waals surface area contributed by atoms with Crippen LogP contribution in [0, 0.1) is 0 Å². The summed E-state index contributed by atoms with van der Waals surface area (Å²) >= 11 is 0. The first-order valence-electron chi connectivity index (χ1n) is 8.94. The van der Waals surface area contributed by atoms with Gasteiger partial charge in [-0.05, 0) is 11.1 Å². The quantitative estimate of drug-likeness (QED) is 0.461. The zero-order chi connectivity index (χ0) is 19.2. The molecule has 2 aromatic heterocycles. The zero-order valence-corrected chi connectivity index (χ0v) is 15.1. The Bertz CT molecular complexity index is 1010. The number of nitrogens with zero attached hydrogens (tertiary/aromatic N) is 3. The predicted octanol–water partition coefficient (Wildman–Crippen LogP) is 3.27. The second kappa shape index (κ2) is 8.30. The summed E-state index contributed by atoms with van der Waals surface area (Å²) in [5.41, 5.74) is 3.66. The fourth-order valence-corrected chi connectivity index (χ4v) is 3.18. The summed E-state index contributed by atoms with van der Waals surface area (Å²) in [6.07, 6.45) is 1.57. The molecule has 2 heterocycles. The van der Waals surface area contributed by atoms with Crippen molar-refractivity contribution >= 4 is 23.5 Å². The number of fused-ring (bicyclic) bond motifs is 1. The third-order valence-corrected chi connectivity index (χ3v) is 4.48. The summed E-state index contributed by atoms with van der Waals surface area (Å²) in [4.78, 5) is 26.6. The van der Waals surface area contributed by atoms with E-state index in [2.05, 4.69) is 49.5 Å². The number of aromatic amines is 1. The zero-order valence-electron chi connectivity index (χ0n) is 15.1. The molecule has 0 bridgehead atoms. The fraction of sp³-hybridized carbons (Fsp3) is 0.143. The highest BCUT2D eigenvalue weighted by Crippen LogP contribution is 2.26. The summed E-state index contributed by atoms with van der Waals surface area (Å²) in [5, 5.41) is 3.41. The molecule has 0 aliphatic carbocycles. The van der Waals surface area contributed by atoms with Crippen LogP contribution in [-0.2, 0) is 16.1 Å². The number of anilines is 1. The van der Waals surface area contributed by atoms with Crippen LogP contribution < -0.4 is 5.32 Å². The lowest BCUT2D eigenvalue weighted by molar-refractivity contribution is -0.130. The molecule has 7 heteroatoms. The Morgan fingerprint density at radius 2 is 1.68 bits per heavy atom. The van der Waals surface area contributed by atoms with Gasteiger partial charge in [0.05, 0.1) is 6.33 Å². The molecule has 0 aliphatic rings. The van der Waals surface area contributed by atoms with E-state index in [9.17, 15) is 4.79 Å². The van der Waals surface area contributed by atoms with Crippen molar-refractivity contribution < 1.29 is 9.53 Å². The molecule has 0 atom stereocenters. The Kier molecular flexibility index (Phi) is 5.24. The van der Waals surface area contributed by atoms with E-state index in [1.165, 1.54) is 11.1 Å². The van der Waals surface area contributed by atoms with Crippen LogP contribution in [0.4, 0.5) is 5.82 Å². The van der Waals surface area contributed by atoms with E-state index in [0.717, 1.165) is 0 Å². The normalized spacial score (nSPS) is 10.9. The number of carbonyl (C=O) groups excluding carboxylic acids is 1. The molecular formula is C21H19N5O2. The van der Waals surface area contributed by atoms with Gasteiger partial charge in [-0.3, -0.25) is 4.79 Å². The van der Waals surface area contributed by atoms with E-state index in [0.29, 0.717) is 35.8 Å². The minimum atomic E-state index is 0.00788. The Balaban J connectivity index is 1.64. The number of hydrogen-bond acceptors (Lipinski definition) is 6. The molecule has 2 aromatic carbocycles. The molecule has 4 rings (SSSR count). The van der Waals surface area contributed by atoms with E-state index >= 15 is 0 Å². The standard InChI is InChI=1S/C21H19N5O2/c27-14-28-12-18-25-20(19-21(26-18)24-13-23-19)22-11-17(15-7-3-1-4-8-15)16-9-5-2-6-10-16/h1-10,13-14,17H,11-12H2,(H2,22,23,24,25,26). The van der Waals surface area contributed by atoms with Gasteiger partial charge in [-0.2, -0.15) is 0 Å². The highest BCUT2D eigenvalue weighted by molar-refractivity contribution is 5.82. The lowest BCUT2D eigenvalue weighted by Crippen LogP contribution is -2.16. The molecule has 4 aromatic rings. The second-order valence-corrected chi connectivity index (χ2v) is 6.25. The van der Waals surface area contributed by atoms with Crippen LogP contribution in [0.1, 0.15) is 22.9 Å². The maximum absolute atomic E-state index is 10.5. The molecule has 0 unspecified atom stereocenters. The van der Waals surface area contributed by atoms with Crippen molar-refractivity contribution in [3.63, 3.8) is 0 Å². The summed E-state index contributed by atoms with van der Waals surface area (Å²) in [5.74, 6) is 1.15. The monoisotopic (exact) mass is 373 g/mol. The average molecular weight is 373 g/mol. The Morgan fingerprint density at radius 1 is 1.00 bits per heavy atom. The largest absolute Gasteiger partial charge is 0.460 e. The van der Waals surface area contributed by atoms with E-state index in [4.69, 9.17) is 4.74 Å². The van der Waals surface area contributed by atoms with Gasteiger partial charge in [0.25, 0.3) is 6.47 Å². The van der Waals surface area contributed by atoms with Gasteiger partial charge in [0.15, 0.2) is 23.9 Å². The summed E-state index contributed by atoms with van der Waals surface area (Å²) in [7, 11) is 0. The first-order valence-corrected chi connectivity index (χ1v) is 8.94. The molecule has 28 heavy (non-hydrogen) atoms. The van der Waals surface area contributed by atoms with Crippen molar-refractivity contribution in [2.24, 2.45) is 0 Å². The van der Waals surface area contributed by atoms with Gasteiger partial charge in [0.1, 0.15) is 5.52 Å². The van der Waals surface area contributed by atoms with Crippen molar-refractivity contribution in [3.8, 4) is 0 Å². The average Bonchev–Trinajstić information content (AvgIpc) is 3.23. The molecule has 0 fully saturated rings. The van der Waals surface area contributed by atoms with Crippen LogP contribution in [0.15, 0.2) is 67.0 Å². The number of ether oxygens (including phenoxy) is 1. The second-order valence-electron chi connectivity index (χ2n) is 6.25. The Hall–Kier alpha value is -3.74. The number of rotatable bonds is 8. The van der Waals surface area contributed by atoms with Gasteiger partial charge < -0.3 is 15.0 Å². The van der Waals surface area contributed by atoms with E-state index in [1.807, 2.05) is 36.4 Å². The lowest BCUT2D eigenvalue weighted by atomic mass is 9.91. The molecule has 140 valence electrons. The van der Waals surface area contributed by atoms with Gasteiger partial charge in [-0.25, -0.2) is 15.0 Å².